The first kappa shape index (κ1) is 9.07. The lowest BCUT2D eigenvalue weighted by Crippen LogP contribution is -1.87. The Labute approximate surface area is 76.5 Å². The van der Waals surface area contributed by atoms with Crippen molar-refractivity contribution in [2.75, 3.05) is 5.88 Å². The van der Waals surface area contributed by atoms with E-state index in [-0.39, 0.29) is 0 Å². The highest BCUT2D eigenvalue weighted by Crippen LogP contribution is 2.03. The van der Waals surface area contributed by atoms with Gasteiger partial charge in [0.25, 0.3) is 0 Å². The van der Waals surface area contributed by atoms with Gasteiger partial charge in [-0.2, -0.15) is 0 Å². The maximum Gasteiger partial charge on any atom is 0.0733 e. The maximum absolute atomic E-state index is 8.24. The minimum atomic E-state index is 0.632. The summed E-state index contributed by atoms with van der Waals surface area (Å²) >= 11 is 5.57. The quantitative estimate of drug-likeness (QED) is 0.332. The van der Waals surface area contributed by atoms with E-state index in [1.54, 1.807) is 0 Å². The molecule has 0 heterocycles. The third-order valence-corrected chi connectivity index (χ3v) is 1.76. The van der Waals surface area contributed by atoms with Crippen LogP contribution in [-0.4, -0.2) is 17.3 Å². The third kappa shape index (κ3) is 2.55. The number of benzene rings is 1. The molecule has 2 nitrogen and oxygen atoms in total. The van der Waals surface area contributed by atoms with E-state index >= 15 is 0 Å². The molecule has 0 unspecified atom stereocenters. The summed E-state index contributed by atoms with van der Waals surface area (Å²) in [5, 5.41) is 11.2. The molecule has 3 heteroatoms. The molecule has 1 aromatic rings. The van der Waals surface area contributed by atoms with Crippen LogP contribution in [0.2, 0.25) is 0 Å². The second-order valence-electron chi connectivity index (χ2n) is 2.43. The fourth-order valence-corrected chi connectivity index (χ4v) is 1.16. The number of nitrogens with zero attached hydrogens (tertiary/aromatic N) is 1. The normalized spacial score (nSPS) is 10.8. The predicted octanol–water partition coefficient (Wildman–Crippen LogP) is 2.28. The molecule has 0 bridgehead atoms. The summed E-state index contributed by atoms with van der Waals surface area (Å²) in [6.45, 7) is 0. The van der Waals surface area contributed by atoms with Crippen molar-refractivity contribution in [3.63, 3.8) is 0 Å². The van der Waals surface area contributed by atoms with Crippen molar-refractivity contribution >= 4 is 17.8 Å². The highest BCUT2D eigenvalue weighted by molar-refractivity contribution is 6.17. The SMILES string of the molecule is O/N=C/c1ccc(CCCl)cc1. The number of alkyl halides is 1. The number of halogens is 1. The summed E-state index contributed by atoms with van der Waals surface area (Å²) in [4.78, 5) is 0. The predicted molar refractivity (Wildman–Crippen MR) is 50.2 cm³/mol. The topological polar surface area (TPSA) is 32.6 Å². The number of hydrogen-bond donors (Lipinski definition) is 1. The van der Waals surface area contributed by atoms with E-state index in [2.05, 4.69) is 5.16 Å². The number of oxime groups is 1. The van der Waals surface area contributed by atoms with Crippen LogP contribution in [0.3, 0.4) is 0 Å². The Morgan fingerprint density at radius 1 is 1.33 bits per heavy atom. The zero-order valence-electron chi connectivity index (χ0n) is 6.57. The first-order chi connectivity index (χ1) is 5.86. The summed E-state index contributed by atoms with van der Waals surface area (Å²) < 4.78 is 0. The molecule has 0 amide bonds. The van der Waals surface area contributed by atoms with Crippen LogP contribution in [0.25, 0.3) is 0 Å². The highest BCUT2D eigenvalue weighted by atomic mass is 35.5. The van der Waals surface area contributed by atoms with Crippen molar-refractivity contribution < 1.29 is 5.21 Å². The number of hydrogen-bond acceptors (Lipinski definition) is 2. The molecule has 0 atom stereocenters. The molecule has 0 aliphatic rings. The summed E-state index contributed by atoms with van der Waals surface area (Å²) in [5.74, 6) is 0.632. The molecule has 0 aliphatic heterocycles. The van der Waals surface area contributed by atoms with Gasteiger partial charge in [-0.25, -0.2) is 0 Å². The molecular weight excluding hydrogens is 174 g/mol. The fraction of sp³-hybridized carbons (Fsp3) is 0.222. The summed E-state index contributed by atoms with van der Waals surface area (Å²) in [6, 6.07) is 7.72. The molecule has 1 rings (SSSR count). The monoisotopic (exact) mass is 183 g/mol. The fourth-order valence-electron chi connectivity index (χ4n) is 0.946. The van der Waals surface area contributed by atoms with Crippen LogP contribution in [0.5, 0.6) is 0 Å². The van der Waals surface area contributed by atoms with Gasteiger partial charge >= 0.3 is 0 Å². The van der Waals surface area contributed by atoms with Gasteiger partial charge in [0, 0.05) is 5.88 Å². The van der Waals surface area contributed by atoms with Crippen LogP contribution in [0, 0.1) is 0 Å². The van der Waals surface area contributed by atoms with Gasteiger partial charge in [-0.3, -0.25) is 0 Å². The Hall–Kier alpha value is -1.02. The lowest BCUT2D eigenvalue weighted by Gasteiger charge is -1.96. The van der Waals surface area contributed by atoms with E-state index in [4.69, 9.17) is 16.8 Å². The van der Waals surface area contributed by atoms with Gasteiger partial charge in [-0.1, -0.05) is 29.4 Å². The molecular formula is C9H10ClNO. The number of aryl methyl sites for hydroxylation is 1. The van der Waals surface area contributed by atoms with Crippen molar-refractivity contribution in [2.24, 2.45) is 5.16 Å². The second-order valence-corrected chi connectivity index (χ2v) is 2.80. The Morgan fingerprint density at radius 2 is 2.00 bits per heavy atom. The maximum atomic E-state index is 8.24. The average molecular weight is 184 g/mol. The van der Waals surface area contributed by atoms with Crippen LogP contribution in [0.4, 0.5) is 0 Å². The van der Waals surface area contributed by atoms with E-state index in [0.29, 0.717) is 5.88 Å². The molecule has 12 heavy (non-hydrogen) atoms. The average Bonchev–Trinajstić information content (AvgIpc) is 2.09. The largest absolute Gasteiger partial charge is 0.411 e. The third-order valence-electron chi connectivity index (χ3n) is 1.57. The zero-order valence-corrected chi connectivity index (χ0v) is 7.33. The standard InChI is InChI=1S/C9H10ClNO/c10-6-5-8-1-3-9(4-2-8)7-11-12/h1-4,7,12H,5-6H2/b11-7+. The van der Waals surface area contributed by atoms with Crippen molar-refractivity contribution in [3.8, 4) is 0 Å². The zero-order chi connectivity index (χ0) is 8.81. The summed E-state index contributed by atoms with van der Waals surface area (Å²) in [6.07, 6.45) is 2.27. The Bertz CT molecular complexity index is 256. The minimum absolute atomic E-state index is 0.632. The first-order valence-electron chi connectivity index (χ1n) is 3.69. The van der Waals surface area contributed by atoms with Gasteiger partial charge in [0.05, 0.1) is 6.21 Å². The Balaban J connectivity index is 2.71. The van der Waals surface area contributed by atoms with Crippen LogP contribution in [0.15, 0.2) is 29.4 Å². The molecule has 0 fully saturated rings. The van der Waals surface area contributed by atoms with Gasteiger partial charge in [0.15, 0.2) is 0 Å². The first-order valence-corrected chi connectivity index (χ1v) is 4.22. The van der Waals surface area contributed by atoms with Gasteiger partial charge in [0.1, 0.15) is 0 Å². The minimum Gasteiger partial charge on any atom is -0.411 e. The van der Waals surface area contributed by atoms with Crippen LogP contribution in [-0.2, 0) is 6.42 Å². The molecule has 64 valence electrons. The molecule has 1 N–H and O–H groups in total. The van der Waals surface area contributed by atoms with Crippen molar-refractivity contribution in [2.45, 2.75) is 6.42 Å². The van der Waals surface area contributed by atoms with Gasteiger partial charge in [-0.15, -0.1) is 11.6 Å². The summed E-state index contributed by atoms with van der Waals surface area (Å²) in [5.41, 5.74) is 2.08. The smallest absolute Gasteiger partial charge is 0.0733 e. The van der Waals surface area contributed by atoms with Crippen LogP contribution < -0.4 is 0 Å². The Kier molecular flexibility index (Phi) is 3.61. The van der Waals surface area contributed by atoms with E-state index in [1.807, 2.05) is 24.3 Å². The van der Waals surface area contributed by atoms with E-state index in [1.165, 1.54) is 11.8 Å². The molecule has 0 spiro atoms. The van der Waals surface area contributed by atoms with Crippen molar-refractivity contribution in [1.82, 2.24) is 0 Å². The molecule has 0 saturated heterocycles. The second kappa shape index (κ2) is 4.78. The van der Waals surface area contributed by atoms with Gasteiger partial charge in [-0.05, 0) is 17.5 Å². The molecule has 1 aromatic carbocycles. The van der Waals surface area contributed by atoms with E-state index in [0.717, 1.165) is 12.0 Å². The molecule has 0 aliphatic carbocycles. The van der Waals surface area contributed by atoms with Crippen LogP contribution >= 0.6 is 11.6 Å². The van der Waals surface area contributed by atoms with E-state index in [9.17, 15) is 0 Å². The van der Waals surface area contributed by atoms with Crippen LogP contribution in [0.1, 0.15) is 11.1 Å². The highest BCUT2D eigenvalue weighted by Gasteiger charge is 1.91. The van der Waals surface area contributed by atoms with Crippen molar-refractivity contribution in [3.05, 3.63) is 35.4 Å². The van der Waals surface area contributed by atoms with Gasteiger partial charge in [0.2, 0.25) is 0 Å². The lowest BCUT2D eigenvalue weighted by atomic mass is 10.1. The van der Waals surface area contributed by atoms with E-state index < -0.39 is 0 Å². The Morgan fingerprint density at radius 3 is 2.50 bits per heavy atom. The lowest BCUT2D eigenvalue weighted by molar-refractivity contribution is 0.322. The van der Waals surface area contributed by atoms with Gasteiger partial charge < -0.3 is 5.21 Å². The van der Waals surface area contributed by atoms with Crippen molar-refractivity contribution in [1.29, 1.82) is 0 Å². The molecule has 0 aromatic heterocycles. The summed E-state index contributed by atoms with van der Waals surface area (Å²) in [7, 11) is 0. The molecule has 0 saturated carbocycles. The number of rotatable bonds is 3. The molecule has 0 radical (unpaired) electrons.